The Labute approximate surface area is 319 Å². The molecule has 2 heterocycles. The molecule has 8 rings (SSSR count). The zero-order valence-electron chi connectivity index (χ0n) is 28.7. The summed E-state index contributed by atoms with van der Waals surface area (Å²) in [6, 6.07) is 29.6. The van der Waals surface area contributed by atoms with Crippen molar-refractivity contribution < 1.29 is 40.8 Å². The molecule has 4 N–H and O–H groups in total. The van der Waals surface area contributed by atoms with Gasteiger partial charge >= 0.3 is 0 Å². The van der Waals surface area contributed by atoms with Crippen LogP contribution in [0.5, 0.6) is 0 Å². The standard InChI is InChI=1S/C41H26N4O9S2/c42-25-11-15-27(16-12-25)55(51,52)35-7-3-1-5-33(35)44-38(47)29-19-9-23(21-31(29)40(44)49)37(46)24-10-20-30-32(22-24)41(50)45(39(30)48)34-6-2-4-8-36(34)56(53,54)28-17-13-26(43)14-18-28/h1-22H,42-43H2. The van der Waals surface area contributed by atoms with E-state index in [1.165, 1.54) is 133 Å². The summed E-state index contributed by atoms with van der Waals surface area (Å²) in [4.78, 5) is 69.5. The largest absolute Gasteiger partial charge is 0.399 e. The molecular weight excluding hydrogens is 757 g/mol. The molecule has 0 aliphatic carbocycles. The minimum absolute atomic E-state index is 0.0388. The van der Waals surface area contributed by atoms with Crippen molar-refractivity contribution in [3.8, 4) is 0 Å². The predicted octanol–water partition coefficient (Wildman–Crippen LogP) is 5.35. The molecule has 6 aromatic carbocycles. The van der Waals surface area contributed by atoms with Crippen molar-refractivity contribution in [2.75, 3.05) is 21.3 Å². The van der Waals surface area contributed by atoms with Gasteiger partial charge in [0, 0.05) is 22.5 Å². The molecule has 0 saturated carbocycles. The van der Waals surface area contributed by atoms with E-state index in [9.17, 15) is 40.8 Å². The molecule has 0 aromatic heterocycles. The van der Waals surface area contributed by atoms with Crippen LogP contribution >= 0.6 is 0 Å². The molecule has 2 aliphatic heterocycles. The summed E-state index contributed by atoms with van der Waals surface area (Å²) >= 11 is 0. The van der Waals surface area contributed by atoms with Crippen molar-refractivity contribution in [2.45, 2.75) is 19.6 Å². The monoisotopic (exact) mass is 782 g/mol. The number of rotatable bonds is 8. The molecule has 15 heteroatoms. The van der Waals surface area contributed by atoms with E-state index in [1.54, 1.807) is 0 Å². The Morgan fingerprint density at radius 3 is 1.14 bits per heavy atom. The highest BCUT2D eigenvalue weighted by atomic mass is 32.2. The van der Waals surface area contributed by atoms with Gasteiger partial charge in [-0.3, -0.25) is 24.0 Å². The fourth-order valence-corrected chi connectivity index (χ4v) is 9.54. The molecule has 4 amide bonds. The molecular formula is C41H26N4O9S2. The lowest BCUT2D eigenvalue weighted by Crippen LogP contribution is -2.30. The highest BCUT2D eigenvalue weighted by Crippen LogP contribution is 2.38. The number of nitrogen functional groups attached to an aromatic ring is 2. The van der Waals surface area contributed by atoms with Gasteiger partial charge in [0.05, 0.1) is 53.2 Å². The average Bonchev–Trinajstić information content (AvgIpc) is 3.60. The summed E-state index contributed by atoms with van der Waals surface area (Å²) < 4.78 is 54.6. The number of fused-ring (bicyclic) bond motifs is 2. The van der Waals surface area contributed by atoms with Crippen LogP contribution in [0.4, 0.5) is 22.7 Å². The first-order chi connectivity index (χ1) is 26.7. The Morgan fingerprint density at radius 2 is 0.768 bits per heavy atom. The van der Waals surface area contributed by atoms with Crippen molar-refractivity contribution in [3.63, 3.8) is 0 Å². The quantitative estimate of drug-likeness (QED) is 0.114. The number of anilines is 4. The van der Waals surface area contributed by atoms with Gasteiger partial charge in [-0.05, 0) is 97.1 Å². The van der Waals surface area contributed by atoms with Crippen LogP contribution in [0.2, 0.25) is 0 Å². The first-order valence-corrected chi connectivity index (χ1v) is 19.7. The van der Waals surface area contributed by atoms with E-state index >= 15 is 0 Å². The lowest BCUT2D eigenvalue weighted by atomic mass is 9.96. The second-order valence-corrected chi connectivity index (χ2v) is 16.7. The minimum atomic E-state index is -4.22. The zero-order chi connectivity index (χ0) is 39.7. The maximum absolute atomic E-state index is 13.9. The molecule has 0 spiro atoms. The van der Waals surface area contributed by atoms with Gasteiger partial charge in [0.25, 0.3) is 23.6 Å². The van der Waals surface area contributed by atoms with Crippen LogP contribution in [0.1, 0.15) is 57.4 Å². The minimum Gasteiger partial charge on any atom is -0.399 e. The average molecular weight is 783 g/mol. The summed E-state index contributed by atoms with van der Waals surface area (Å²) in [5, 5.41) is 0. The number of nitrogens with two attached hydrogens (primary N) is 2. The molecule has 0 radical (unpaired) electrons. The summed E-state index contributed by atoms with van der Waals surface area (Å²) in [6.07, 6.45) is 0. The van der Waals surface area contributed by atoms with Crippen LogP contribution in [-0.4, -0.2) is 46.2 Å². The molecule has 56 heavy (non-hydrogen) atoms. The second-order valence-electron chi connectivity index (χ2n) is 12.8. The van der Waals surface area contributed by atoms with Crippen LogP contribution in [0.25, 0.3) is 0 Å². The number of ketones is 1. The van der Waals surface area contributed by atoms with Crippen molar-refractivity contribution in [2.24, 2.45) is 0 Å². The summed E-state index contributed by atoms with van der Waals surface area (Å²) in [5.41, 5.74) is 11.3. The van der Waals surface area contributed by atoms with E-state index in [0.29, 0.717) is 11.4 Å². The van der Waals surface area contributed by atoms with Gasteiger partial charge in [0.15, 0.2) is 5.78 Å². The molecule has 0 bridgehead atoms. The van der Waals surface area contributed by atoms with Crippen LogP contribution < -0.4 is 21.3 Å². The smallest absolute Gasteiger partial charge is 0.266 e. The van der Waals surface area contributed by atoms with Gasteiger partial charge in [0.1, 0.15) is 0 Å². The normalized spacial score (nSPS) is 13.9. The van der Waals surface area contributed by atoms with Gasteiger partial charge in [0.2, 0.25) is 19.7 Å². The Morgan fingerprint density at radius 1 is 0.429 bits per heavy atom. The molecule has 2 aliphatic rings. The van der Waals surface area contributed by atoms with Crippen molar-refractivity contribution in [1.82, 2.24) is 0 Å². The SMILES string of the molecule is Nc1ccc(S(=O)(=O)c2ccccc2N2C(=O)c3ccc(C(=O)c4ccc5c(c4)C(=O)N(c4ccccc4S(=O)(=O)c4ccc(N)cc4)C5=O)cc3C2=O)cc1. The van der Waals surface area contributed by atoms with Gasteiger partial charge in [-0.25, -0.2) is 26.6 Å². The fourth-order valence-electron chi connectivity index (χ4n) is 6.65. The number of nitrogens with zero attached hydrogens (tertiary/aromatic N) is 2. The Bertz CT molecular complexity index is 2760. The summed E-state index contributed by atoms with van der Waals surface area (Å²) in [7, 11) is -8.44. The topological polar surface area (TPSA) is 212 Å². The molecule has 0 saturated heterocycles. The molecule has 0 atom stereocenters. The molecule has 0 unspecified atom stereocenters. The number of benzene rings is 6. The van der Waals surface area contributed by atoms with Crippen LogP contribution in [0.3, 0.4) is 0 Å². The Hall–Kier alpha value is -7.23. The van der Waals surface area contributed by atoms with Gasteiger partial charge in [-0.2, -0.15) is 0 Å². The third-order valence-electron chi connectivity index (χ3n) is 9.47. The van der Waals surface area contributed by atoms with Crippen molar-refractivity contribution in [1.29, 1.82) is 0 Å². The highest BCUT2D eigenvalue weighted by Gasteiger charge is 2.42. The fraction of sp³-hybridized carbons (Fsp3) is 0. The second kappa shape index (κ2) is 13.0. The third-order valence-corrected chi connectivity index (χ3v) is 13.1. The first-order valence-electron chi connectivity index (χ1n) is 16.7. The maximum Gasteiger partial charge on any atom is 0.266 e. The number of hydrogen-bond acceptors (Lipinski definition) is 11. The van der Waals surface area contributed by atoms with E-state index in [4.69, 9.17) is 11.5 Å². The van der Waals surface area contributed by atoms with Crippen molar-refractivity contribution >= 4 is 71.8 Å². The Kier molecular flexibility index (Phi) is 8.29. The van der Waals surface area contributed by atoms with Crippen LogP contribution in [0.15, 0.2) is 153 Å². The maximum atomic E-state index is 13.9. The lowest BCUT2D eigenvalue weighted by molar-refractivity contribution is 0.0909. The molecule has 0 fully saturated rings. The van der Waals surface area contributed by atoms with Crippen molar-refractivity contribution in [3.05, 3.63) is 167 Å². The van der Waals surface area contributed by atoms with Gasteiger partial charge < -0.3 is 11.5 Å². The van der Waals surface area contributed by atoms with E-state index in [2.05, 4.69) is 0 Å². The number of hydrogen-bond donors (Lipinski definition) is 2. The number of para-hydroxylation sites is 2. The molecule has 276 valence electrons. The van der Waals surface area contributed by atoms with Gasteiger partial charge in [-0.1, -0.05) is 36.4 Å². The van der Waals surface area contributed by atoms with E-state index in [-0.39, 0.29) is 64.3 Å². The number of sulfone groups is 2. The third kappa shape index (κ3) is 5.56. The van der Waals surface area contributed by atoms with Crippen LogP contribution in [0, 0.1) is 0 Å². The van der Waals surface area contributed by atoms with E-state index in [0.717, 1.165) is 9.80 Å². The lowest BCUT2D eigenvalue weighted by Gasteiger charge is -2.18. The van der Waals surface area contributed by atoms with E-state index < -0.39 is 49.1 Å². The number of carbonyl (C=O) groups excluding carboxylic acids is 5. The van der Waals surface area contributed by atoms with E-state index in [1.807, 2.05) is 0 Å². The van der Waals surface area contributed by atoms with Crippen LogP contribution in [-0.2, 0) is 19.7 Å². The molecule has 13 nitrogen and oxygen atoms in total. The predicted molar refractivity (Wildman–Crippen MR) is 204 cm³/mol. The number of carbonyl (C=O) groups is 5. The summed E-state index contributed by atoms with van der Waals surface area (Å²) in [6.45, 7) is 0. The van der Waals surface area contributed by atoms with Gasteiger partial charge in [-0.15, -0.1) is 0 Å². The number of imide groups is 2. The zero-order valence-corrected chi connectivity index (χ0v) is 30.4. The summed E-state index contributed by atoms with van der Waals surface area (Å²) in [5.74, 6) is -3.99. The molecule has 6 aromatic rings. The highest BCUT2D eigenvalue weighted by molar-refractivity contribution is 7.92. The number of amides is 4. The Balaban J connectivity index is 1.10. The first kappa shape index (κ1) is 35.8.